The summed E-state index contributed by atoms with van der Waals surface area (Å²) in [4.78, 5) is 2.55. The minimum Gasteiger partial charge on any atom is -0.309 e. The van der Waals surface area contributed by atoms with E-state index in [-0.39, 0.29) is 5.41 Å². The summed E-state index contributed by atoms with van der Waals surface area (Å²) >= 11 is 1.88. The third kappa shape index (κ3) is 5.74. The Balaban J connectivity index is 1.24. The van der Waals surface area contributed by atoms with E-state index in [0.29, 0.717) is 0 Å². The van der Waals surface area contributed by atoms with Gasteiger partial charge in [-0.2, -0.15) is 0 Å². The highest BCUT2D eigenvalue weighted by Gasteiger charge is 2.36. The van der Waals surface area contributed by atoms with E-state index in [0.717, 1.165) is 17.1 Å². The Labute approximate surface area is 350 Å². The second kappa shape index (κ2) is 14.1. The Morgan fingerprint density at radius 1 is 0.373 bits per heavy atom. The summed E-state index contributed by atoms with van der Waals surface area (Å²) in [7, 11) is 0. The molecule has 0 spiro atoms. The van der Waals surface area contributed by atoms with Gasteiger partial charge < -0.3 is 4.90 Å². The number of benzene rings is 9. The van der Waals surface area contributed by atoms with Gasteiger partial charge in [0.2, 0.25) is 0 Å². The van der Waals surface area contributed by atoms with Crippen LogP contribution in [0.5, 0.6) is 0 Å². The van der Waals surface area contributed by atoms with Crippen molar-refractivity contribution in [2.75, 3.05) is 4.90 Å². The van der Waals surface area contributed by atoms with Crippen LogP contribution in [0.1, 0.15) is 25.0 Å². The van der Waals surface area contributed by atoms with Crippen molar-refractivity contribution in [1.82, 2.24) is 0 Å². The molecule has 59 heavy (non-hydrogen) atoms. The molecule has 0 radical (unpaired) electrons. The molecule has 0 fully saturated rings. The molecule has 0 saturated heterocycles. The van der Waals surface area contributed by atoms with Crippen LogP contribution >= 0.6 is 11.3 Å². The van der Waals surface area contributed by atoms with Crippen molar-refractivity contribution >= 4 is 48.6 Å². The lowest BCUT2D eigenvalue weighted by molar-refractivity contribution is 0.660. The second-order valence-corrected chi connectivity index (χ2v) is 17.1. The highest BCUT2D eigenvalue weighted by molar-refractivity contribution is 7.26. The van der Waals surface area contributed by atoms with Crippen molar-refractivity contribution in [3.63, 3.8) is 0 Å². The minimum atomic E-state index is -0.162. The molecule has 9 aromatic carbocycles. The van der Waals surface area contributed by atoms with Gasteiger partial charge in [-0.05, 0) is 80.4 Å². The van der Waals surface area contributed by atoms with Crippen LogP contribution in [0, 0.1) is 0 Å². The third-order valence-electron chi connectivity index (χ3n) is 12.3. The molecule has 10 aromatic rings. The SMILES string of the molecule is CC1(C)c2ccccc2-c2ccc(N(c3ccccc3-c3cccc4c3sc3ccccc34)c3cccc(-c4ccccc4)c3-c3ccccc3-c3ccccc3)cc21. The van der Waals surface area contributed by atoms with E-state index in [1.165, 1.54) is 86.9 Å². The van der Waals surface area contributed by atoms with Gasteiger partial charge >= 0.3 is 0 Å². The van der Waals surface area contributed by atoms with Gasteiger partial charge in [-0.25, -0.2) is 0 Å². The number of anilines is 3. The Morgan fingerprint density at radius 2 is 0.915 bits per heavy atom. The fourth-order valence-corrected chi connectivity index (χ4v) is 10.8. The summed E-state index contributed by atoms with van der Waals surface area (Å²) in [5.41, 5.74) is 18.2. The lowest BCUT2D eigenvalue weighted by atomic mass is 9.82. The van der Waals surface area contributed by atoms with Gasteiger partial charge in [0.25, 0.3) is 0 Å². The number of hydrogen-bond acceptors (Lipinski definition) is 2. The van der Waals surface area contributed by atoms with Gasteiger partial charge in [-0.3, -0.25) is 0 Å². The first-order valence-electron chi connectivity index (χ1n) is 20.4. The predicted molar refractivity (Wildman–Crippen MR) is 253 cm³/mol. The molecule has 0 amide bonds. The molecule has 1 nitrogen and oxygen atoms in total. The highest BCUT2D eigenvalue weighted by Crippen LogP contribution is 2.54. The Bertz CT molecular complexity index is 3190. The minimum absolute atomic E-state index is 0.162. The number of fused-ring (bicyclic) bond motifs is 6. The predicted octanol–water partition coefficient (Wildman–Crippen LogP) is 16.5. The molecule has 1 aliphatic carbocycles. The largest absolute Gasteiger partial charge is 0.309 e. The standard InChI is InChI=1S/C57H41NS/c1-57(2)50-31-14-11-24-43(50)44-36-35-40(37-51(44)57)58(52-32-15-12-25-45(52)48-29-17-30-49-46-26-13-16-34-54(46)59-56(48)49)53-33-18-28-42(39-21-7-4-8-22-39)55(53)47-27-10-9-23-41(47)38-19-5-3-6-20-38/h3-37H,1-2H3. The Morgan fingerprint density at radius 3 is 1.71 bits per heavy atom. The van der Waals surface area contributed by atoms with Crippen LogP contribution in [-0.2, 0) is 5.41 Å². The molecule has 2 heteroatoms. The van der Waals surface area contributed by atoms with Crippen LogP contribution in [0.3, 0.4) is 0 Å². The van der Waals surface area contributed by atoms with Gasteiger partial charge in [0.15, 0.2) is 0 Å². The van der Waals surface area contributed by atoms with Crippen molar-refractivity contribution in [3.8, 4) is 55.6 Å². The first-order chi connectivity index (χ1) is 29.1. The number of thiophene rings is 1. The summed E-state index contributed by atoms with van der Waals surface area (Å²) in [6.07, 6.45) is 0. The van der Waals surface area contributed by atoms with Crippen LogP contribution in [-0.4, -0.2) is 0 Å². The molecule has 1 aromatic heterocycles. The molecule has 0 aliphatic heterocycles. The molecule has 0 bridgehead atoms. The lowest BCUT2D eigenvalue weighted by Crippen LogP contribution is -2.17. The highest BCUT2D eigenvalue weighted by atomic mass is 32.1. The number of nitrogens with zero attached hydrogens (tertiary/aromatic N) is 1. The van der Waals surface area contributed by atoms with Gasteiger partial charge in [0, 0.05) is 48.0 Å². The van der Waals surface area contributed by atoms with Gasteiger partial charge in [-0.1, -0.05) is 196 Å². The van der Waals surface area contributed by atoms with E-state index in [1.54, 1.807) is 0 Å². The monoisotopic (exact) mass is 771 g/mol. The summed E-state index contributed by atoms with van der Waals surface area (Å²) in [5.74, 6) is 0. The molecule has 0 unspecified atom stereocenters. The third-order valence-corrected chi connectivity index (χ3v) is 13.5. The average molecular weight is 772 g/mol. The smallest absolute Gasteiger partial charge is 0.0546 e. The lowest BCUT2D eigenvalue weighted by Gasteiger charge is -2.32. The van der Waals surface area contributed by atoms with Crippen molar-refractivity contribution in [2.24, 2.45) is 0 Å². The number of hydrogen-bond donors (Lipinski definition) is 0. The van der Waals surface area contributed by atoms with Crippen molar-refractivity contribution < 1.29 is 0 Å². The zero-order valence-electron chi connectivity index (χ0n) is 33.1. The van der Waals surface area contributed by atoms with E-state index >= 15 is 0 Å². The van der Waals surface area contributed by atoms with Gasteiger partial charge in [0.05, 0.1) is 11.4 Å². The molecule has 1 heterocycles. The molecule has 11 rings (SSSR count). The average Bonchev–Trinajstić information content (AvgIpc) is 3.79. The van der Waals surface area contributed by atoms with E-state index in [1.807, 2.05) is 11.3 Å². The van der Waals surface area contributed by atoms with E-state index in [9.17, 15) is 0 Å². The maximum atomic E-state index is 2.55. The van der Waals surface area contributed by atoms with E-state index in [2.05, 4.69) is 231 Å². The molecule has 0 saturated carbocycles. The molecular formula is C57H41NS. The number of rotatable bonds is 7. The van der Waals surface area contributed by atoms with Gasteiger partial charge in [0.1, 0.15) is 0 Å². The van der Waals surface area contributed by atoms with Crippen LogP contribution < -0.4 is 4.90 Å². The maximum absolute atomic E-state index is 2.55. The van der Waals surface area contributed by atoms with Crippen LogP contribution in [0.15, 0.2) is 212 Å². The van der Waals surface area contributed by atoms with Crippen molar-refractivity contribution in [2.45, 2.75) is 19.3 Å². The normalized spacial score (nSPS) is 12.7. The van der Waals surface area contributed by atoms with Crippen LogP contribution in [0.25, 0.3) is 75.8 Å². The molecule has 0 N–H and O–H groups in total. The zero-order valence-corrected chi connectivity index (χ0v) is 33.9. The topological polar surface area (TPSA) is 3.24 Å². The van der Waals surface area contributed by atoms with Gasteiger partial charge in [-0.15, -0.1) is 11.3 Å². The molecule has 280 valence electrons. The maximum Gasteiger partial charge on any atom is 0.0546 e. The van der Waals surface area contributed by atoms with Crippen molar-refractivity contribution in [1.29, 1.82) is 0 Å². The second-order valence-electron chi connectivity index (χ2n) is 16.0. The van der Waals surface area contributed by atoms with Crippen LogP contribution in [0.2, 0.25) is 0 Å². The Kier molecular flexibility index (Phi) is 8.43. The quantitative estimate of drug-likeness (QED) is 0.156. The fourth-order valence-electron chi connectivity index (χ4n) is 9.53. The van der Waals surface area contributed by atoms with E-state index in [4.69, 9.17) is 0 Å². The van der Waals surface area contributed by atoms with Crippen LogP contribution in [0.4, 0.5) is 17.1 Å². The molecule has 1 aliphatic rings. The number of para-hydroxylation sites is 1. The molecular weight excluding hydrogens is 731 g/mol. The summed E-state index contributed by atoms with van der Waals surface area (Å²) in [6, 6.07) is 78.2. The zero-order chi connectivity index (χ0) is 39.5. The first-order valence-corrected chi connectivity index (χ1v) is 21.3. The molecule has 0 atom stereocenters. The fraction of sp³-hybridized carbons (Fsp3) is 0.0526. The summed E-state index contributed by atoms with van der Waals surface area (Å²) < 4.78 is 2.61. The Hall–Kier alpha value is -7.00. The van der Waals surface area contributed by atoms with E-state index < -0.39 is 0 Å². The summed E-state index contributed by atoms with van der Waals surface area (Å²) in [5, 5.41) is 2.60. The summed E-state index contributed by atoms with van der Waals surface area (Å²) in [6.45, 7) is 4.75. The first kappa shape index (κ1) is 35.2. The van der Waals surface area contributed by atoms with Crippen molar-refractivity contribution in [3.05, 3.63) is 223 Å².